The SMILES string of the molecule is COc1cc(C)c(C=C(C#N)c2ccc(C(=O)O)cc2)cc1C(C)C. The van der Waals surface area contributed by atoms with Gasteiger partial charge in [-0.2, -0.15) is 5.26 Å². The standard InChI is InChI=1S/C21H21NO3/c1-13(2)19-11-17(14(3)9-20(19)25-4)10-18(12-22)15-5-7-16(8-6-15)21(23)24/h5-11,13H,1-4H3,(H,23,24). The summed E-state index contributed by atoms with van der Waals surface area (Å²) in [5.74, 6) is 0.152. The Morgan fingerprint density at radius 1 is 1.20 bits per heavy atom. The zero-order valence-electron chi connectivity index (χ0n) is 14.8. The van der Waals surface area contributed by atoms with Crippen LogP contribution in [0.5, 0.6) is 5.75 Å². The van der Waals surface area contributed by atoms with Gasteiger partial charge < -0.3 is 9.84 Å². The molecule has 0 bridgehead atoms. The second-order valence-electron chi connectivity index (χ2n) is 6.16. The smallest absolute Gasteiger partial charge is 0.335 e. The minimum absolute atomic E-state index is 0.198. The second-order valence-corrected chi connectivity index (χ2v) is 6.16. The molecule has 0 amide bonds. The predicted molar refractivity (Wildman–Crippen MR) is 98.7 cm³/mol. The molecule has 0 atom stereocenters. The highest BCUT2D eigenvalue weighted by Crippen LogP contribution is 2.31. The molecule has 0 aliphatic carbocycles. The summed E-state index contributed by atoms with van der Waals surface area (Å²) < 4.78 is 5.45. The Hall–Kier alpha value is -3.06. The lowest BCUT2D eigenvalue weighted by Gasteiger charge is -2.15. The number of nitrogens with zero attached hydrogens (tertiary/aromatic N) is 1. The molecule has 0 aromatic heterocycles. The number of rotatable bonds is 5. The van der Waals surface area contributed by atoms with Crippen molar-refractivity contribution in [1.82, 2.24) is 0 Å². The van der Waals surface area contributed by atoms with Gasteiger partial charge in [-0.15, -0.1) is 0 Å². The average Bonchev–Trinajstić information content (AvgIpc) is 2.60. The van der Waals surface area contributed by atoms with E-state index in [9.17, 15) is 10.1 Å². The third kappa shape index (κ3) is 4.07. The summed E-state index contributed by atoms with van der Waals surface area (Å²) in [5, 5.41) is 18.5. The van der Waals surface area contributed by atoms with Gasteiger partial charge in [0.1, 0.15) is 5.75 Å². The molecule has 128 valence electrons. The van der Waals surface area contributed by atoms with E-state index in [1.165, 1.54) is 12.1 Å². The maximum absolute atomic E-state index is 11.0. The fourth-order valence-corrected chi connectivity index (χ4v) is 2.63. The highest BCUT2D eigenvalue weighted by atomic mass is 16.5. The topological polar surface area (TPSA) is 70.3 Å². The predicted octanol–water partition coefficient (Wildman–Crippen LogP) is 4.89. The van der Waals surface area contributed by atoms with Crippen LogP contribution in [0, 0.1) is 18.3 Å². The lowest BCUT2D eigenvalue weighted by atomic mass is 9.94. The van der Waals surface area contributed by atoms with E-state index >= 15 is 0 Å². The van der Waals surface area contributed by atoms with E-state index in [2.05, 4.69) is 19.9 Å². The Bertz CT molecular complexity index is 856. The number of benzene rings is 2. The van der Waals surface area contributed by atoms with Crippen LogP contribution >= 0.6 is 0 Å². The van der Waals surface area contributed by atoms with E-state index in [1.807, 2.05) is 25.1 Å². The van der Waals surface area contributed by atoms with Gasteiger partial charge in [0.15, 0.2) is 0 Å². The number of carboxylic acids is 1. The maximum Gasteiger partial charge on any atom is 0.335 e. The summed E-state index contributed by atoms with van der Waals surface area (Å²) >= 11 is 0. The van der Waals surface area contributed by atoms with E-state index in [0.29, 0.717) is 17.1 Å². The number of methoxy groups -OCH3 is 1. The minimum atomic E-state index is -0.985. The number of aromatic carboxylic acids is 1. The molecule has 0 unspecified atom stereocenters. The molecule has 2 aromatic carbocycles. The van der Waals surface area contributed by atoms with Crippen molar-refractivity contribution in [3.63, 3.8) is 0 Å². The summed E-state index contributed by atoms with van der Waals surface area (Å²) in [5.41, 5.74) is 4.41. The molecule has 0 aliphatic rings. The van der Waals surface area contributed by atoms with Crippen LogP contribution in [-0.2, 0) is 0 Å². The average molecular weight is 335 g/mol. The van der Waals surface area contributed by atoms with E-state index < -0.39 is 5.97 Å². The van der Waals surface area contributed by atoms with Gasteiger partial charge in [-0.1, -0.05) is 26.0 Å². The Balaban J connectivity index is 2.51. The van der Waals surface area contributed by atoms with E-state index in [-0.39, 0.29) is 5.56 Å². The van der Waals surface area contributed by atoms with E-state index in [0.717, 1.165) is 22.4 Å². The van der Waals surface area contributed by atoms with Crippen molar-refractivity contribution in [2.75, 3.05) is 7.11 Å². The van der Waals surface area contributed by atoms with Gasteiger partial charge in [-0.05, 0) is 65.4 Å². The molecule has 2 rings (SSSR count). The van der Waals surface area contributed by atoms with Crippen molar-refractivity contribution in [2.24, 2.45) is 0 Å². The zero-order valence-corrected chi connectivity index (χ0v) is 14.8. The van der Waals surface area contributed by atoms with Gasteiger partial charge >= 0.3 is 5.97 Å². The first-order valence-electron chi connectivity index (χ1n) is 8.01. The highest BCUT2D eigenvalue weighted by Gasteiger charge is 2.12. The van der Waals surface area contributed by atoms with Gasteiger partial charge in [0.2, 0.25) is 0 Å². The van der Waals surface area contributed by atoms with Crippen molar-refractivity contribution < 1.29 is 14.6 Å². The Labute approximate surface area is 148 Å². The number of ether oxygens (including phenoxy) is 1. The van der Waals surface area contributed by atoms with Crippen LogP contribution in [-0.4, -0.2) is 18.2 Å². The molecule has 0 fully saturated rings. The Kier molecular flexibility index (Phi) is 5.61. The number of hydrogen-bond acceptors (Lipinski definition) is 3. The molecule has 1 N–H and O–H groups in total. The van der Waals surface area contributed by atoms with Crippen molar-refractivity contribution >= 4 is 17.6 Å². The van der Waals surface area contributed by atoms with Crippen molar-refractivity contribution in [3.05, 3.63) is 64.2 Å². The molecule has 0 heterocycles. The normalized spacial score (nSPS) is 11.3. The third-order valence-electron chi connectivity index (χ3n) is 4.10. The minimum Gasteiger partial charge on any atom is -0.496 e. The number of allylic oxidation sites excluding steroid dienone is 1. The molecule has 0 saturated heterocycles. The quantitative estimate of drug-likeness (QED) is 0.624. The van der Waals surface area contributed by atoms with Gasteiger partial charge in [0.25, 0.3) is 0 Å². The summed E-state index contributed by atoms with van der Waals surface area (Å²) in [7, 11) is 1.65. The van der Waals surface area contributed by atoms with Crippen LogP contribution in [0.4, 0.5) is 0 Å². The molecular weight excluding hydrogens is 314 g/mol. The molecule has 0 aliphatic heterocycles. The molecule has 4 heteroatoms. The summed E-state index contributed by atoms with van der Waals surface area (Å²) in [6.45, 7) is 6.16. The van der Waals surface area contributed by atoms with Crippen molar-refractivity contribution in [3.8, 4) is 11.8 Å². The molecule has 2 aromatic rings. The first-order chi connectivity index (χ1) is 11.9. The fraction of sp³-hybridized carbons (Fsp3) is 0.238. The monoisotopic (exact) mass is 335 g/mol. The number of nitriles is 1. The zero-order chi connectivity index (χ0) is 18.6. The summed E-state index contributed by atoms with van der Waals surface area (Å²) in [4.78, 5) is 11.0. The lowest BCUT2D eigenvalue weighted by molar-refractivity contribution is 0.0697. The number of carboxylic acid groups (broad SMARTS) is 1. The first-order valence-corrected chi connectivity index (χ1v) is 8.01. The van der Waals surface area contributed by atoms with Crippen LogP contribution in [0.2, 0.25) is 0 Å². The summed E-state index contributed by atoms with van der Waals surface area (Å²) in [6, 6.07) is 12.5. The van der Waals surface area contributed by atoms with Crippen LogP contribution in [0.3, 0.4) is 0 Å². The second kappa shape index (κ2) is 7.67. The van der Waals surface area contributed by atoms with Crippen LogP contribution in [0.25, 0.3) is 11.6 Å². The van der Waals surface area contributed by atoms with Crippen LogP contribution in [0.15, 0.2) is 36.4 Å². The third-order valence-corrected chi connectivity index (χ3v) is 4.10. The number of aryl methyl sites for hydroxylation is 1. The Morgan fingerprint density at radius 3 is 2.28 bits per heavy atom. The van der Waals surface area contributed by atoms with E-state index in [4.69, 9.17) is 9.84 Å². The molecule has 4 nitrogen and oxygen atoms in total. The molecular formula is C21H21NO3. The molecule has 0 radical (unpaired) electrons. The molecule has 25 heavy (non-hydrogen) atoms. The van der Waals surface area contributed by atoms with E-state index in [1.54, 1.807) is 19.2 Å². The van der Waals surface area contributed by atoms with Gasteiger partial charge in [-0.25, -0.2) is 4.79 Å². The van der Waals surface area contributed by atoms with Crippen LogP contribution in [0.1, 0.15) is 52.4 Å². The maximum atomic E-state index is 11.0. The van der Waals surface area contributed by atoms with Gasteiger partial charge in [0, 0.05) is 0 Å². The van der Waals surface area contributed by atoms with Gasteiger partial charge in [-0.3, -0.25) is 0 Å². The largest absolute Gasteiger partial charge is 0.496 e. The molecule has 0 spiro atoms. The first kappa shape index (κ1) is 18.3. The number of hydrogen-bond donors (Lipinski definition) is 1. The number of carbonyl (C=O) groups is 1. The van der Waals surface area contributed by atoms with Crippen molar-refractivity contribution in [1.29, 1.82) is 5.26 Å². The van der Waals surface area contributed by atoms with Gasteiger partial charge in [0.05, 0.1) is 24.3 Å². The lowest BCUT2D eigenvalue weighted by Crippen LogP contribution is -1.97. The highest BCUT2D eigenvalue weighted by molar-refractivity contribution is 5.92. The summed E-state index contributed by atoms with van der Waals surface area (Å²) in [6.07, 6.45) is 1.83. The fourth-order valence-electron chi connectivity index (χ4n) is 2.63. The molecule has 0 saturated carbocycles. The van der Waals surface area contributed by atoms with Crippen LogP contribution < -0.4 is 4.74 Å². The van der Waals surface area contributed by atoms with Crippen molar-refractivity contribution in [2.45, 2.75) is 26.7 Å². The Morgan fingerprint density at radius 2 is 1.80 bits per heavy atom.